The molecule has 0 fully saturated rings. The van der Waals surface area contributed by atoms with Crippen LogP contribution in [0.2, 0.25) is 0 Å². The molecule has 20 heavy (non-hydrogen) atoms. The lowest BCUT2D eigenvalue weighted by Crippen LogP contribution is -2.34. The number of aromatic nitrogens is 1. The number of urea groups is 1. The van der Waals surface area contributed by atoms with Crippen LogP contribution in [0.5, 0.6) is 0 Å². The third-order valence-corrected chi connectivity index (χ3v) is 3.15. The molecule has 0 saturated heterocycles. The highest BCUT2D eigenvalue weighted by molar-refractivity contribution is 5.90. The van der Waals surface area contributed by atoms with Crippen molar-refractivity contribution >= 4 is 11.7 Å². The molecule has 5 heteroatoms. The number of rotatable bonds is 4. The number of benzene rings is 1. The van der Waals surface area contributed by atoms with Crippen LogP contribution in [0, 0.1) is 13.8 Å². The Morgan fingerprint density at radius 2 is 2.00 bits per heavy atom. The number of hydrogen-bond donors (Lipinski definition) is 1. The largest absolute Gasteiger partial charge is 0.359 e. The van der Waals surface area contributed by atoms with Crippen molar-refractivity contribution in [3.05, 3.63) is 47.3 Å². The van der Waals surface area contributed by atoms with E-state index in [0.717, 1.165) is 5.56 Å². The minimum atomic E-state index is -0.147. The van der Waals surface area contributed by atoms with Gasteiger partial charge >= 0.3 is 6.03 Å². The predicted octanol–water partition coefficient (Wildman–Crippen LogP) is 3.35. The molecule has 5 nitrogen and oxygen atoms in total. The fourth-order valence-corrected chi connectivity index (χ4v) is 1.98. The molecule has 1 aromatic heterocycles. The molecule has 1 aromatic carbocycles. The minimum absolute atomic E-state index is 0.147. The highest BCUT2D eigenvalue weighted by Crippen LogP contribution is 2.19. The van der Waals surface area contributed by atoms with Crippen LogP contribution in [0.1, 0.15) is 23.9 Å². The monoisotopic (exact) mass is 273 g/mol. The Morgan fingerprint density at radius 1 is 1.30 bits per heavy atom. The molecule has 0 aliphatic heterocycles. The summed E-state index contributed by atoms with van der Waals surface area (Å²) in [4.78, 5) is 14.0. The van der Waals surface area contributed by atoms with Gasteiger partial charge in [-0.25, -0.2) is 4.79 Å². The van der Waals surface area contributed by atoms with E-state index in [9.17, 15) is 4.79 Å². The van der Waals surface area contributed by atoms with Gasteiger partial charge in [-0.05, 0) is 26.3 Å². The molecule has 0 aliphatic rings. The number of amides is 2. The Bertz CT molecular complexity index is 559. The molecule has 0 aliphatic carbocycles. The molecule has 0 saturated carbocycles. The van der Waals surface area contributed by atoms with Gasteiger partial charge < -0.3 is 14.7 Å². The summed E-state index contributed by atoms with van der Waals surface area (Å²) in [6.07, 6.45) is 0. The number of anilines is 1. The first-order valence-corrected chi connectivity index (χ1v) is 6.64. The van der Waals surface area contributed by atoms with Gasteiger partial charge in [0.15, 0.2) is 5.76 Å². The van der Waals surface area contributed by atoms with E-state index in [4.69, 9.17) is 4.52 Å². The third kappa shape index (κ3) is 3.17. The van der Waals surface area contributed by atoms with Crippen molar-refractivity contribution in [3.63, 3.8) is 0 Å². The summed E-state index contributed by atoms with van der Waals surface area (Å²) in [6, 6.07) is 9.76. The van der Waals surface area contributed by atoms with Crippen LogP contribution in [-0.4, -0.2) is 22.6 Å². The second-order valence-electron chi connectivity index (χ2n) is 4.63. The maximum atomic E-state index is 12.3. The summed E-state index contributed by atoms with van der Waals surface area (Å²) in [7, 11) is 0. The lowest BCUT2D eigenvalue weighted by molar-refractivity contribution is 0.212. The van der Waals surface area contributed by atoms with Gasteiger partial charge in [0.05, 0.1) is 0 Å². The summed E-state index contributed by atoms with van der Waals surface area (Å²) in [5, 5.41) is 6.69. The third-order valence-electron chi connectivity index (χ3n) is 3.15. The second kappa shape index (κ2) is 6.23. The zero-order chi connectivity index (χ0) is 14.5. The van der Waals surface area contributed by atoms with Gasteiger partial charge in [0, 0.05) is 13.1 Å². The molecule has 106 valence electrons. The average Bonchev–Trinajstić information content (AvgIpc) is 2.77. The molecule has 2 rings (SSSR count). The van der Waals surface area contributed by atoms with Crippen molar-refractivity contribution in [2.24, 2.45) is 0 Å². The van der Waals surface area contributed by atoms with E-state index in [2.05, 4.69) is 10.5 Å². The lowest BCUT2D eigenvalue weighted by Gasteiger charge is -2.21. The number of aryl methyl sites for hydroxylation is 2. The normalized spacial score (nSPS) is 10.3. The SMILES string of the molecule is CCN(Cc1ccccc1)C(=O)Nc1c(C)noc1C. The van der Waals surface area contributed by atoms with Crippen LogP contribution in [0.3, 0.4) is 0 Å². The highest BCUT2D eigenvalue weighted by atomic mass is 16.5. The Morgan fingerprint density at radius 3 is 2.55 bits per heavy atom. The number of nitrogens with zero attached hydrogens (tertiary/aromatic N) is 2. The standard InChI is InChI=1S/C15H19N3O2/c1-4-18(10-13-8-6-5-7-9-13)15(19)16-14-11(2)17-20-12(14)3/h5-9H,4,10H2,1-3H3,(H,16,19). The van der Waals surface area contributed by atoms with Gasteiger partial charge in [0.1, 0.15) is 11.4 Å². The van der Waals surface area contributed by atoms with E-state index in [-0.39, 0.29) is 6.03 Å². The number of nitrogens with one attached hydrogen (secondary N) is 1. The summed E-state index contributed by atoms with van der Waals surface area (Å²) < 4.78 is 5.04. The molecule has 1 heterocycles. The van der Waals surface area contributed by atoms with Gasteiger partial charge in [-0.15, -0.1) is 0 Å². The topological polar surface area (TPSA) is 58.4 Å². The van der Waals surface area contributed by atoms with Gasteiger partial charge in [-0.2, -0.15) is 0 Å². The molecule has 2 aromatic rings. The van der Waals surface area contributed by atoms with Crippen LogP contribution in [0.15, 0.2) is 34.9 Å². The summed E-state index contributed by atoms with van der Waals surface area (Å²) in [5.74, 6) is 0.617. The van der Waals surface area contributed by atoms with Gasteiger partial charge in [0.25, 0.3) is 0 Å². The molecule has 0 radical (unpaired) electrons. The van der Waals surface area contributed by atoms with E-state index in [0.29, 0.717) is 30.2 Å². The van der Waals surface area contributed by atoms with E-state index < -0.39 is 0 Å². The van der Waals surface area contributed by atoms with Crippen molar-refractivity contribution in [3.8, 4) is 0 Å². The highest BCUT2D eigenvalue weighted by Gasteiger charge is 2.16. The van der Waals surface area contributed by atoms with Gasteiger partial charge in [-0.3, -0.25) is 0 Å². The van der Waals surface area contributed by atoms with Crippen molar-refractivity contribution in [2.45, 2.75) is 27.3 Å². The maximum absolute atomic E-state index is 12.3. The number of carbonyl (C=O) groups excluding carboxylic acids is 1. The Hall–Kier alpha value is -2.30. The summed E-state index contributed by atoms with van der Waals surface area (Å²) in [6.45, 7) is 6.75. The first-order chi connectivity index (χ1) is 9.61. The van der Waals surface area contributed by atoms with Crippen molar-refractivity contribution < 1.29 is 9.32 Å². The van der Waals surface area contributed by atoms with Crippen LogP contribution in [-0.2, 0) is 6.54 Å². The fraction of sp³-hybridized carbons (Fsp3) is 0.333. The smallest absolute Gasteiger partial charge is 0.322 e. The van der Waals surface area contributed by atoms with Crippen molar-refractivity contribution in [1.29, 1.82) is 0 Å². The molecule has 0 spiro atoms. The fourth-order valence-electron chi connectivity index (χ4n) is 1.98. The average molecular weight is 273 g/mol. The number of hydrogen-bond acceptors (Lipinski definition) is 3. The molecular weight excluding hydrogens is 254 g/mol. The molecule has 1 N–H and O–H groups in total. The second-order valence-corrected chi connectivity index (χ2v) is 4.63. The maximum Gasteiger partial charge on any atom is 0.322 e. The quantitative estimate of drug-likeness (QED) is 0.929. The lowest BCUT2D eigenvalue weighted by atomic mass is 10.2. The summed E-state index contributed by atoms with van der Waals surface area (Å²) >= 11 is 0. The predicted molar refractivity (Wildman–Crippen MR) is 77.5 cm³/mol. The van der Waals surface area contributed by atoms with Crippen LogP contribution in [0.4, 0.5) is 10.5 Å². The van der Waals surface area contributed by atoms with E-state index in [1.165, 1.54) is 0 Å². The first kappa shape index (κ1) is 14.1. The number of carbonyl (C=O) groups is 1. The first-order valence-electron chi connectivity index (χ1n) is 6.64. The van der Waals surface area contributed by atoms with Gasteiger partial charge in [-0.1, -0.05) is 35.5 Å². The summed E-state index contributed by atoms with van der Waals surface area (Å²) in [5.41, 5.74) is 2.44. The zero-order valence-corrected chi connectivity index (χ0v) is 12.0. The van der Waals surface area contributed by atoms with E-state index >= 15 is 0 Å². The zero-order valence-electron chi connectivity index (χ0n) is 12.0. The Balaban J connectivity index is 2.06. The van der Waals surface area contributed by atoms with Crippen LogP contribution >= 0.6 is 0 Å². The van der Waals surface area contributed by atoms with Crippen molar-refractivity contribution in [1.82, 2.24) is 10.1 Å². The van der Waals surface area contributed by atoms with Crippen molar-refractivity contribution in [2.75, 3.05) is 11.9 Å². The molecule has 2 amide bonds. The molecule has 0 unspecified atom stereocenters. The van der Waals surface area contributed by atoms with E-state index in [1.807, 2.05) is 37.3 Å². The Labute approximate surface area is 118 Å². The van der Waals surface area contributed by atoms with E-state index in [1.54, 1.807) is 18.7 Å². The van der Waals surface area contributed by atoms with Gasteiger partial charge in [0.2, 0.25) is 0 Å². The molecular formula is C15H19N3O2. The van der Waals surface area contributed by atoms with Crippen LogP contribution in [0.25, 0.3) is 0 Å². The minimum Gasteiger partial charge on any atom is -0.359 e. The molecule has 0 atom stereocenters. The van der Waals surface area contributed by atoms with Crippen LogP contribution < -0.4 is 5.32 Å². The molecule has 0 bridgehead atoms. The Kier molecular flexibility index (Phi) is 4.40.